The predicted molar refractivity (Wildman–Crippen MR) is 120 cm³/mol. The molecule has 1 aromatic carbocycles. The van der Waals surface area contributed by atoms with Crippen LogP contribution in [-0.2, 0) is 21.8 Å². The molecule has 0 aliphatic carbocycles. The molecule has 2 heterocycles. The van der Waals surface area contributed by atoms with E-state index in [9.17, 15) is 14.4 Å². The number of carbonyl (C=O) groups is 2. The number of nitrogens with zero attached hydrogens (tertiary/aromatic N) is 1. The van der Waals surface area contributed by atoms with E-state index in [0.29, 0.717) is 43.8 Å². The van der Waals surface area contributed by atoms with Crippen molar-refractivity contribution in [1.82, 2.24) is 15.3 Å². The minimum Gasteiger partial charge on any atom is -0.462 e. The van der Waals surface area contributed by atoms with Crippen LogP contribution in [0.1, 0.15) is 33.5 Å². The van der Waals surface area contributed by atoms with Gasteiger partial charge >= 0.3 is 5.97 Å². The van der Waals surface area contributed by atoms with Crippen molar-refractivity contribution in [3.63, 3.8) is 0 Å². The van der Waals surface area contributed by atoms with Crippen LogP contribution >= 0.6 is 34.7 Å². The number of H-pyrrole nitrogens is 1. The van der Waals surface area contributed by atoms with Crippen LogP contribution in [0, 0.1) is 6.92 Å². The zero-order valence-corrected chi connectivity index (χ0v) is 18.8. The highest BCUT2D eigenvalue weighted by atomic mass is 35.5. The van der Waals surface area contributed by atoms with Gasteiger partial charge in [0.2, 0.25) is 5.91 Å². The monoisotopic (exact) mass is 465 g/mol. The predicted octanol–water partition coefficient (Wildman–Crippen LogP) is 3.67. The van der Waals surface area contributed by atoms with Crippen molar-refractivity contribution >= 4 is 56.8 Å². The molecule has 158 valence electrons. The highest BCUT2D eigenvalue weighted by Crippen LogP contribution is 2.28. The molecule has 3 aromatic rings. The minimum absolute atomic E-state index is 0.116. The fourth-order valence-electron chi connectivity index (χ4n) is 2.74. The van der Waals surface area contributed by atoms with Crippen molar-refractivity contribution in [1.29, 1.82) is 0 Å². The third-order valence-electron chi connectivity index (χ3n) is 4.19. The lowest BCUT2D eigenvalue weighted by Gasteiger charge is -2.05. The number of halogens is 1. The Labute approximate surface area is 186 Å². The molecule has 0 radical (unpaired) electrons. The van der Waals surface area contributed by atoms with Crippen molar-refractivity contribution in [3.05, 3.63) is 61.5 Å². The number of fused-ring (bicyclic) bond motifs is 1. The summed E-state index contributed by atoms with van der Waals surface area (Å²) in [5.41, 5.74) is 1.23. The van der Waals surface area contributed by atoms with Gasteiger partial charge in [0.25, 0.3) is 5.56 Å². The summed E-state index contributed by atoms with van der Waals surface area (Å²) < 4.78 is 5.04. The molecule has 2 N–H and O–H groups in total. The average molecular weight is 466 g/mol. The number of ether oxygens (including phenoxy) is 1. The van der Waals surface area contributed by atoms with Crippen molar-refractivity contribution in [3.8, 4) is 0 Å². The molecule has 0 fully saturated rings. The molecule has 0 atom stereocenters. The number of aromatic amines is 1. The molecule has 0 saturated carbocycles. The lowest BCUT2D eigenvalue weighted by Crippen LogP contribution is -2.24. The first kappa shape index (κ1) is 22.3. The van der Waals surface area contributed by atoms with E-state index in [1.54, 1.807) is 26.0 Å². The standard InChI is InChI=1S/C20H20ClN3O4S2/c1-3-28-20(27)17-11(2)16-18(26)23-14(24-19(16)30-17)9-29-10-15(25)22-8-12-4-6-13(21)7-5-12/h4-7H,3,8-10H2,1-2H3,(H,22,25)(H,23,24,26). The van der Waals surface area contributed by atoms with E-state index in [0.717, 1.165) is 16.9 Å². The number of aromatic nitrogens is 2. The molecule has 2 aromatic heterocycles. The van der Waals surface area contributed by atoms with E-state index < -0.39 is 5.97 Å². The van der Waals surface area contributed by atoms with Crippen LogP contribution in [0.2, 0.25) is 5.02 Å². The average Bonchev–Trinajstić information content (AvgIpc) is 3.05. The summed E-state index contributed by atoms with van der Waals surface area (Å²) in [6.07, 6.45) is 0. The number of amides is 1. The van der Waals surface area contributed by atoms with Gasteiger partial charge in [-0.3, -0.25) is 9.59 Å². The molecule has 0 unspecified atom stereocenters. The maximum Gasteiger partial charge on any atom is 0.348 e. The summed E-state index contributed by atoms with van der Waals surface area (Å²) in [7, 11) is 0. The topological polar surface area (TPSA) is 101 Å². The molecule has 30 heavy (non-hydrogen) atoms. The summed E-state index contributed by atoms with van der Waals surface area (Å²) in [5, 5.41) is 3.88. The Morgan fingerprint density at radius 1 is 1.30 bits per heavy atom. The number of esters is 1. The Morgan fingerprint density at radius 2 is 2.03 bits per heavy atom. The molecular weight excluding hydrogens is 446 g/mol. The van der Waals surface area contributed by atoms with Gasteiger partial charge in [-0.25, -0.2) is 9.78 Å². The zero-order valence-electron chi connectivity index (χ0n) is 16.4. The number of rotatable bonds is 8. The van der Waals surface area contributed by atoms with Crippen molar-refractivity contribution in [2.24, 2.45) is 0 Å². The second kappa shape index (κ2) is 10.1. The van der Waals surface area contributed by atoms with E-state index in [4.69, 9.17) is 16.3 Å². The first-order chi connectivity index (χ1) is 14.4. The van der Waals surface area contributed by atoms with Gasteiger partial charge in [0.1, 0.15) is 15.5 Å². The fraction of sp³-hybridized carbons (Fsp3) is 0.300. The largest absolute Gasteiger partial charge is 0.462 e. The van der Waals surface area contributed by atoms with E-state index in [1.807, 2.05) is 12.1 Å². The van der Waals surface area contributed by atoms with E-state index in [1.165, 1.54) is 11.8 Å². The summed E-state index contributed by atoms with van der Waals surface area (Å²) in [4.78, 5) is 44.6. The smallest absolute Gasteiger partial charge is 0.348 e. The summed E-state index contributed by atoms with van der Waals surface area (Å²) in [6, 6.07) is 7.26. The zero-order chi connectivity index (χ0) is 21.7. The van der Waals surface area contributed by atoms with Gasteiger partial charge in [-0.2, -0.15) is 0 Å². The van der Waals surface area contributed by atoms with E-state index in [-0.39, 0.29) is 23.8 Å². The number of nitrogens with one attached hydrogen (secondary N) is 2. The number of hydrogen-bond acceptors (Lipinski definition) is 7. The summed E-state index contributed by atoms with van der Waals surface area (Å²) in [5.74, 6) is 0.485. The molecule has 0 saturated heterocycles. The van der Waals surface area contributed by atoms with Gasteiger partial charge in [-0.15, -0.1) is 23.1 Å². The van der Waals surface area contributed by atoms with Crippen LogP contribution in [-0.4, -0.2) is 34.2 Å². The summed E-state index contributed by atoms with van der Waals surface area (Å²) in [6.45, 7) is 4.12. The van der Waals surface area contributed by atoms with Crippen LogP contribution in [0.4, 0.5) is 0 Å². The lowest BCUT2D eigenvalue weighted by atomic mass is 10.2. The normalized spacial score (nSPS) is 10.9. The molecule has 0 bridgehead atoms. The Bertz CT molecular complexity index is 1130. The van der Waals surface area contributed by atoms with Crippen molar-refractivity contribution in [2.75, 3.05) is 12.4 Å². The van der Waals surface area contributed by atoms with Gasteiger partial charge in [0.05, 0.1) is 23.5 Å². The highest BCUT2D eigenvalue weighted by molar-refractivity contribution is 7.99. The number of thioether (sulfide) groups is 1. The Hall–Kier alpha value is -2.36. The number of thiophene rings is 1. The number of aryl methyl sites for hydroxylation is 1. The third-order valence-corrected chi connectivity index (χ3v) is 6.55. The SMILES string of the molecule is CCOC(=O)c1sc2nc(CSCC(=O)NCc3ccc(Cl)cc3)[nH]c(=O)c2c1C. The van der Waals surface area contributed by atoms with Gasteiger partial charge in [-0.05, 0) is 37.1 Å². The second-order valence-corrected chi connectivity index (χ2v) is 8.79. The van der Waals surface area contributed by atoms with Crippen LogP contribution in [0.15, 0.2) is 29.1 Å². The maximum atomic E-state index is 12.5. The minimum atomic E-state index is -0.453. The fourth-order valence-corrected chi connectivity index (χ4v) is 4.68. The molecule has 10 heteroatoms. The van der Waals surface area contributed by atoms with E-state index in [2.05, 4.69) is 15.3 Å². The first-order valence-corrected chi connectivity index (χ1v) is 11.5. The van der Waals surface area contributed by atoms with Crippen LogP contribution in [0.25, 0.3) is 10.2 Å². The number of carbonyl (C=O) groups excluding carboxylic acids is 2. The van der Waals surface area contributed by atoms with Gasteiger partial charge in [0.15, 0.2) is 0 Å². The Morgan fingerprint density at radius 3 is 2.73 bits per heavy atom. The van der Waals surface area contributed by atoms with Crippen molar-refractivity contribution in [2.45, 2.75) is 26.1 Å². The lowest BCUT2D eigenvalue weighted by molar-refractivity contribution is -0.118. The number of benzene rings is 1. The molecule has 3 rings (SSSR count). The molecule has 0 aliphatic rings. The van der Waals surface area contributed by atoms with E-state index >= 15 is 0 Å². The second-order valence-electron chi connectivity index (χ2n) is 6.37. The van der Waals surface area contributed by atoms with Crippen LogP contribution < -0.4 is 10.9 Å². The van der Waals surface area contributed by atoms with Crippen LogP contribution in [0.5, 0.6) is 0 Å². The molecule has 0 aliphatic heterocycles. The number of hydrogen-bond donors (Lipinski definition) is 2. The van der Waals surface area contributed by atoms with Gasteiger partial charge in [0, 0.05) is 11.6 Å². The van der Waals surface area contributed by atoms with Crippen molar-refractivity contribution < 1.29 is 14.3 Å². The molecular formula is C20H20ClN3O4S2. The molecule has 0 spiro atoms. The van der Waals surface area contributed by atoms with Gasteiger partial charge < -0.3 is 15.0 Å². The molecule has 7 nitrogen and oxygen atoms in total. The van der Waals surface area contributed by atoms with Crippen LogP contribution in [0.3, 0.4) is 0 Å². The molecule has 1 amide bonds. The quantitative estimate of drug-likeness (QED) is 0.492. The Kier molecular flexibility index (Phi) is 7.52. The third kappa shape index (κ3) is 5.41. The maximum absolute atomic E-state index is 12.5. The highest BCUT2D eigenvalue weighted by Gasteiger charge is 2.20. The first-order valence-electron chi connectivity index (χ1n) is 9.17. The Balaban J connectivity index is 1.59. The van der Waals surface area contributed by atoms with Gasteiger partial charge in [-0.1, -0.05) is 23.7 Å². The summed E-state index contributed by atoms with van der Waals surface area (Å²) >= 11 is 8.33.